The van der Waals surface area contributed by atoms with Gasteiger partial charge in [0, 0.05) is 32.9 Å². The maximum absolute atomic E-state index is 5.78. The highest BCUT2D eigenvalue weighted by molar-refractivity contribution is 6.62. The molecule has 2 atom stereocenters. The summed E-state index contributed by atoms with van der Waals surface area (Å²) >= 11 is 0. The van der Waals surface area contributed by atoms with Gasteiger partial charge in [-0.25, -0.2) is 0 Å². The van der Waals surface area contributed by atoms with Gasteiger partial charge in [0.1, 0.15) is 0 Å². The van der Waals surface area contributed by atoms with Crippen LogP contribution in [0.25, 0.3) is 0 Å². The first-order valence-corrected chi connectivity index (χ1v) is 9.81. The van der Waals surface area contributed by atoms with Gasteiger partial charge in [0.25, 0.3) is 0 Å². The summed E-state index contributed by atoms with van der Waals surface area (Å²) in [6.07, 6.45) is 8.79. The molecule has 1 aliphatic rings. The Bertz CT molecular complexity index is 253. The Hall–Kier alpha value is 0.0569. The molecule has 120 valence electrons. The van der Waals surface area contributed by atoms with Crippen molar-refractivity contribution >= 4 is 8.80 Å². The molecule has 0 bridgehead atoms. The van der Waals surface area contributed by atoms with E-state index in [1.807, 2.05) is 0 Å². The summed E-state index contributed by atoms with van der Waals surface area (Å²) in [6.45, 7) is 3.43. The molecular weight excluding hydrogens is 270 g/mol. The van der Waals surface area contributed by atoms with E-state index in [1.54, 1.807) is 21.3 Å². The standard InChI is InChI=1S/C15H33NO3Si/c1-6-7-8-9-12-15(14-11-10-13-16(14)2)20(17-3,18-4)19-5/h14-15H,6-13H2,1-5H3. The maximum Gasteiger partial charge on any atom is 0.505 e. The Kier molecular flexibility index (Phi) is 8.29. The number of likely N-dealkylation sites (tertiary alicyclic amines) is 1. The van der Waals surface area contributed by atoms with E-state index in [1.165, 1.54) is 45.1 Å². The average Bonchev–Trinajstić information content (AvgIpc) is 2.89. The van der Waals surface area contributed by atoms with E-state index in [2.05, 4.69) is 18.9 Å². The van der Waals surface area contributed by atoms with Crippen molar-refractivity contribution < 1.29 is 13.3 Å². The van der Waals surface area contributed by atoms with E-state index < -0.39 is 8.80 Å². The molecule has 1 aliphatic heterocycles. The molecule has 0 N–H and O–H groups in total. The van der Waals surface area contributed by atoms with Crippen molar-refractivity contribution in [2.75, 3.05) is 34.9 Å². The van der Waals surface area contributed by atoms with Gasteiger partial charge in [0.05, 0.1) is 0 Å². The largest absolute Gasteiger partial charge is 0.505 e. The van der Waals surface area contributed by atoms with Gasteiger partial charge < -0.3 is 18.2 Å². The highest BCUT2D eigenvalue weighted by atomic mass is 28.4. The van der Waals surface area contributed by atoms with Crippen molar-refractivity contribution in [3.63, 3.8) is 0 Å². The number of hydrogen-bond donors (Lipinski definition) is 0. The van der Waals surface area contributed by atoms with Crippen molar-refractivity contribution in [3.8, 4) is 0 Å². The van der Waals surface area contributed by atoms with Crippen LogP contribution in [-0.2, 0) is 13.3 Å². The van der Waals surface area contributed by atoms with Crippen molar-refractivity contribution in [2.24, 2.45) is 0 Å². The molecule has 1 fully saturated rings. The first-order chi connectivity index (χ1) is 9.65. The molecule has 4 nitrogen and oxygen atoms in total. The lowest BCUT2D eigenvalue weighted by Crippen LogP contribution is -2.53. The molecule has 1 heterocycles. The third-order valence-corrected chi connectivity index (χ3v) is 8.01. The summed E-state index contributed by atoms with van der Waals surface area (Å²) < 4.78 is 17.4. The fourth-order valence-electron chi connectivity index (χ4n) is 3.54. The molecule has 0 radical (unpaired) electrons. The van der Waals surface area contributed by atoms with Crippen LogP contribution in [0, 0.1) is 0 Å². The Morgan fingerprint density at radius 2 is 1.75 bits per heavy atom. The third kappa shape index (κ3) is 4.27. The van der Waals surface area contributed by atoms with Crippen LogP contribution in [0.1, 0.15) is 51.9 Å². The topological polar surface area (TPSA) is 30.9 Å². The second-order valence-electron chi connectivity index (χ2n) is 5.86. The van der Waals surface area contributed by atoms with E-state index >= 15 is 0 Å². The summed E-state index contributed by atoms with van der Waals surface area (Å²) in [5, 5.41) is 0. The molecule has 20 heavy (non-hydrogen) atoms. The van der Waals surface area contributed by atoms with Crippen LogP contribution >= 0.6 is 0 Å². The number of hydrogen-bond acceptors (Lipinski definition) is 4. The third-order valence-electron chi connectivity index (χ3n) is 4.72. The van der Waals surface area contributed by atoms with Crippen molar-refractivity contribution in [1.29, 1.82) is 0 Å². The van der Waals surface area contributed by atoms with Crippen LogP contribution in [0.2, 0.25) is 5.54 Å². The molecule has 1 rings (SSSR count). The van der Waals surface area contributed by atoms with Gasteiger partial charge in [-0.2, -0.15) is 0 Å². The minimum Gasteiger partial charge on any atom is -0.377 e. The Morgan fingerprint density at radius 3 is 2.20 bits per heavy atom. The summed E-state index contributed by atoms with van der Waals surface area (Å²) in [6, 6.07) is 0.545. The highest BCUT2D eigenvalue weighted by Gasteiger charge is 2.52. The average molecular weight is 304 g/mol. The van der Waals surface area contributed by atoms with Crippen LogP contribution < -0.4 is 0 Å². The second kappa shape index (κ2) is 9.15. The van der Waals surface area contributed by atoms with Crippen molar-refractivity contribution in [3.05, 3.63) is 0 Å². The van der Waals surface area contributed by atoms with Gasteiger partial charge in [-0.1, -0.05) is 32.6 Å². The fraction of sp³-hybridized carbons (Fsp3) is 1.00. The summed E-state index contributed by atoms with van der Waals surface area (Å²) in [5.74, 6) is 0. The summed E-state index contributed by atoms with van der Waals surface area (Å²) in [7, 11) is 4.89. The molecule has 0 aromatic carbocycles. The normalized spacial score (nSPS) is 22.4. The van der Waals surface area contributed by atoms with E-state index in [0.29, 0.717) is 11.6 Å². The van der Waals surface area contributed by atoms with Gasteiger partial charge in [-0.3, -0.25) is 0 Å². The van der Waals surface area contributed by atoms with Crippen LogP contribution in [0.15, 0.2) is 0 Å². The van der Waals surface area contributed by atoms with E-state index in [0.717, 1.165) is 6.42 Å². The van der Waals surface area contributed by atoms with Gasteiger partial charge in [-0.05, 0) is 32.9 Å². The van der Waals surface area contributed by atoms with Crippen LogP contribution in [0.5, 0.6) is 0 Å². The Morgan fingerprint density at radius 1 is 1.10 bits per heavy atom. The van der Waals surface area contributed by atoms with Crippen LogP contribution in [-0.4, -0.2) is 54.7 Å². The minimum absolute atomic E-state index is 0.395. The molecule has 0 saturated carbocycles. The monoisotopic (exact) mass is 303 g/mol. The minimum atomic E-state index is -2.56. The highest BCUT2D eigenvalue weighted by Crippen LogP contribution is 2.39. The molecule has 0 spiro atoms. The maximum atomic E-state index is 5.78. The zero-order chi connectivity index (χ0) is 15.0. The lowest BCUT2D eigenvalue weighted by Gasteiger charge is -2.38. The van der Waals surface area contributed by atoms with E-state index in [-0.39, 0.29) is 0 Å². The molecule has 0 amide bonds. The molecular formula is C15H33NO3Si. The summed E-state index contributed by atoms with van der Waals surface area (Å²) in [5.41, 5.74) is 0.395. The first-order valence-electron chi connectivity index (χ1n) is 8.00. The predicted molar refractivity (Wildman–Crippen MR) is 84.9 cm³/mol. The molecule has 0 aliphatic carbocycles. The van der Waals surface area contributed by atoms with Gasteiger partial charge in [0.2, 0.25) is 0 Å². The zero-order valence-electron chi connectivity index (χ0n) is 14.0. The van der Waals surface area contributed by atoms with Crippen LogP contribution in [0.3, 0.4) is 0 Å². The quantitative estimate of drug-likeness (QED) is 0.458. The lowest BCUT2D eigenvalue weighted by atomic mass is 10.0. The molecule has 1 saturated heterocycles. The number of nitrogens with zero attached hydrogens (tertiary/aromatic N) is 1. The molecule has 2 unspecified atom stereocenters. The Balaban J connectivity index is 2.76. The number of unbranched alkanes of at least 4 members (excludes halogenated alkanes) is 3. The zero-order valence-corrected chi connectivity index (χ0v) is 15.0. The number of rotatable bonds is 10. The van der Waals surface area contributed by atoms with E-state index in [4.69, 9.17) is 13.3 Å². The predicted octanol–water partition coefficient (Wildman–Crippen LogP) is 3.30. The van der Waals surface area contributed by atoms with Crippen LogP contribution in [0.4, 0.5) is 0 Å². The SMILES string of the molecule is CCCCCCC(C1CCCN1C)[Si](OC)(OC)OC. The summed E-state index contributed by atoms with van der Waals surface area (Å²) in [4.78, 5) is 2.46. The first kappa shape index (κ1) is 18.1. The van der Waals surface area contributed by atoms with Crippen molar-refractivity contribution in [1.82, 2.24) is 4.90 Å². The van der Waals surface area contributed by atoms with Gasteiger partial charge in [0.15, 0.2) is 0 Å². The van der Waals surface area contributed by atoms with Gasteiger partial charge in [-0.15, -0.1) is 0 Å². The van der Waals surface area contributed by atoms with Crippen molar-refractivity contribution in [2.45, 2.75) is 63.5 Å². The van der Waals surface area contributed by atoms with Gasteiger partial charge >= 0.3 is 8.80 Å². The fourth-order valence-corrected chi connectivity index (χ4v) is 6.40. The smallest absolute Gasteiger partial charge is 0.377 e. The Labute approximate surface area is 126 Å². The lowest BCUT2D eigenvalue weighted by molar-refractivity contribution is 0.0932. The second-order valence-corrected chi connectivity index (χ2v) is 9.04. The molecule has 0 aromatic rings. The molecule has 0 aromatic heterocycles. The molecule has 5 heteroatoms. The van der Waals surface area contributed by atoms with E-state index in [9.17, 15) is 0 Å².